The van der Waals surface area contributed by atoms with E-state index in [2.05, 4.69) is 15.9 Å². The van der Waals surface area contributed by atoms with Gasteiger partial charge < -0.3 is 9.84 Å². The van der Waals surface area contributed by atoms with Crippen LogP contribution in [0.4, 0.5) is 5.69 Å². The summed E-state index contributed by atoms with van der Waals surface area (Å²) in [6.07, 6.45) is -0.771. The fourth-order valence-corrected chi connectivity index (χ4v) is 2.08. The van der Waals surface area contributed by atoms with Gasteiger partial charge in [0.05, 0.1) is 11.0 Å². The zero-order valence-corrected chi connectivity index (χ0v) is 13.1. The van der Waals surface area contributed by atoms with Crippen LogP contribution in [-0.4, -0.2) is 10.0 Å². The molecule has 110 valence electrons. The normalized spacial score (nSPS) is 12.0. The number of rotatable bonds is 4. The molecule has 0 unspecified atom stereocenters. The fraction of sp³-hybridized carbons (Fsp3) is 0.200. The van der Waals surface area contributed by atoms with Crippen molar-refractivity contribution >= 4 is 21.6 Å². The van der Waals surface area contributed by atoms with Gasteiger partial charge in [0.2, 0.25) is 5.75 Å². The third-order valence-corrected chi connectivity index (χ3v) is 3.91. The Balaban J connectivity index is 2.39. The molecule has 0 aliphatic rings. The third kappa shape index (κ3) is 3.59. The minimum Gasteiger partial charge on any atom is -0.450 e. The topological polar surface area (TPSA) is 72.6 Å². The van der Waals surface area contributed by atoms with Crippen molar-refractivity contribution in [1.82, 2.24) is 0 Å². The Morgan fingerprint density at radius 1 is 1.29 bits per heavy atom. The molecule has 1 N–H and O–H groups in total. The molecule has 0 heterocycles. The lowest BCUT2D eigenvalue weighted by Gasteiger charge is -2.10. The second kappa shape index (κ2) is 6.24. The molecule has 0 fully saturated rings. The maximum atomic E-state index is 11.1. The average molecular weight is 352 g/mol. The SMILES string of the molecule is Cc1cc(Oc2ccc([C@H](C)O)cc2[N+](=O)[O-])ccc1Br. The lowest BCUT2D eigenvalue weighted by atomic mass is 10.1. The molecule has 0 aromatic heterocycles. The van der Waals surface area contributed by atoms with Gasteiger partial charge in [-0.1, -0.05) is 22.0 Å². The molecule has 0 saturated heterocycles. The molecule has 5 nitrogen and oxygen atoms in total. The summed E-state index contributed by atoms with van der Waals surface area (Å²) in [5, 5.41) is 20.7. The Labute approximate surface area is 130 Å². The number of nitrogens with zero attached hydrogens (tertiary/aromatic N) is 1. The van der Waals surface area contributed by atoms with Crippen LogP contribution in [0.15, 0.2) is 40.9 Å². The number of benzene rings is 2. The maximum Gasteiger partial charge on any atom is 0.311 e. The highest BCUT2D eigenvalue weighted by molar-refractivity contribution is 9.10. The van der Waals surface area contributed by atoms with Crippen LogP contribution in [0, 0.1) is 17.0 Å². The van der Waals surface area contributed by atoms with Gasteiger partial charge in [0.15, 0.2) is 0 Å². The molecule has 0 saturated carbocycles. The summed E-state index contributed by atoms with van der Waals surface area (Å²) in [4.78, 5) is 10.6. The number of halogens is 1. The van der Waals surface area contributed by atoms with Crippen molar-refractivity contribution in [3.8, 4) is 11.5 Å². The molecule has 2 rings (SSSR count). The predicted octanol–water partition coefficient (Wildman–Crippen LogP) is 4.51. The van der Waals surface area contributed by atoms with E-state index in [0.29, 0.717) is 11.3 Å². The second-order valence-electron chi connectivity index (χ2n) is 4.67. The number of aliphatic hydroxyl groups is 1. The Bertz CT molecular complexity index is 685. The standard InChI is InChI=1S/C15H14BrNO4/c1-9-7-12(4-5-13(9)16)21-15-6-3-11(10(2)18)8-14(15)17(19)20/h3-8,10,18H,1-2H3/t10-/m0/s1. The zero-order chi connectivity index (χ0) is 15.6. The monoisotopic (exact) mass is 351 g/mol. The van der Waals surface area contributed by atoms with Crippen molar-refractivity contribution in [3.63, 3.8) is 0 Å². The molecule has 0 radical (unpaired) electrons. The number of aryl methyl sites for hydroxylation is 1. The van der Waals surface area contributed by atoms with E-state index in [9.17, 15) is 15.2 Å². The highest BCUT2D eigenvalue weighted by Crippen LogP contribution is 2.34. The van der Waals surface area contributed by atoms with Crippen LogP contribution in [0.5, 0.6) is 11.5 Å². The summed E-state index contributed by atoms with van der Waals surface area (Å²) < 4.78 is 6.54. The molecule has 2 aromatic rings. The minimum atomic E-state index is -0.771. The molecule has 0 aliphatic carbocycles. The lowest BCUT2D eigenvalue weighted by Crippen LogP contribution is -1.97. The van der Waals surface area contributed by atoms with E-state index in [1.165, 1.54) is 12.1 Å². The van der Waals surface area contributed by atoms with Crippen LogP contribution in [0.25, 0.3) is 0 Å². The zero-order valence-electron chi connectivity index (χ0n) is 11.5. The summed E-state index contributed by atoms with van der Waals surface area (Å²) in [6, 6.07) is 9.77. The quantitative estimate of drug-likeness (QED) is 0.649. The van der Waals surface area contributed by atoms with Gasteiger partial charge in [0, 0.05) is 10.5 Å². The van der Waals surface area contributed by atoms with Crippen molar-refractivity contribution in [3.05, 3.63) is 62.1 Å². The predicted molar refractivity (Wildman–Crippen MR) is 82.7 cm³/mol. The van der Waals surface area contributed by atoms with Gasteiger partial charge >= 0.3 is 5.69 Å². The van der Waals surface area contributed by atoms with Gasteiger partial charge in [-0.25, -0.2) is 0 Å². The second-order valence-corrected chi connectivity index (χ2v) is 5.53. The van der Waals surface area contributed by atoms with Crippen LogP contribution in [-0.2, 0) is 0 Å². The average Bonchev–Trinajstić information content (AvgIpc) is 2.43. The van der Waals surface area contributed by atoms with Gasteiger partial charge in [-0.15, -0.1) is 0 Å². The molecule has 0 amide bonds. The Kier molecular flexibility index (Phi) is 4.59. The summed E-state index contributed by atoms with van der Waals surface area (Å²) >= 11 is 3.39. The van der Waals surface area contributed by atoms with Crippen LogP contribution in [0.2, 0.25) is 0 Å². The summed E-state index contributed by atoms with van der Waals surface area (Å²) in [5.41, 5.74) is 1.27. The Hall–Kier alpha value is -1.92. The van der Waals surface area contributed by atoms with E-state index < -0.39 is 11.0 Å². The van der Waals surface area contributed by atoms with Gasteiger partial charge in [-0.3, -0.25) is 10.1 Å². The molecule has 0 spiro atoms. The molecule has 21 heavy (non-hydrogen) atoms. The molecule has 2 aromatic carbocycles. The summed E-state index contributed by atoms with van der Waals surface area (Å²) in [6.45, 7) is 3.46. The number of nitro benzene ring substituents is 1. The first-order valence-electron chi connectivity index (χ1n) is 6.29. The highest BCUT2D eigenvalue weighted by atomic mass is 79.9. The van der Waals surface area contributed by atoms with Crippen molar-refractivity contribution in [2.45, 2.75) is 20.0 Å². The van der Waals surface area contributed by atoms with Crippen LogP contribution in [0.1, 0.15) is 24.2 Å². The van der Waals surface area contributed by atoms with Crippen LogP contribution >= 0.6 is 15.9 Å². The van der Waals surface area contributed by atoms with Crippen molar-refractivity contribution in [1.29, 1.82) is 0 Å². The number of nitro groups is 1. The largest absolute Gasteiger partial charge is 0.450 e. The molecule has 6 heteroatoms. The van der Waals surface area contributed by atoms with E-state index >= 15 is 0 Å². The first-order valence-corrected chi connectivity index (χ1v) is 7.08. The van der Waals surface area contributed by atoms with Gasteiger partial charge in [0.1, 0.15) is 5.75 Å². The molecule has 0 aliphatic heterocycles. The summed E-state index contributed by atoms with van der Waals surface area (Å²) in [5.74, 6) is 0.662. The maximum absolute atomic E-state index is 11.1. The summed E-state index contributed by atoms with van der Waals surface area (Å²) in [7, 11) is 0. The first-order chi connectivity index (χ1) is 9.88. The third-order valence-electron chi connectivity index (χ3n) is 3.02. The van der Waals surface area contributed by atoms with Gasteiger partial charge in [-0.2, -0.15) is 0 Å². The van der Waals surface area contributed by atoms with Gasteiger partial charge in [-0.05, 0) is 49.2 Å². The van der Waals surface area contributed by atoms with Crippen molar-refractivity contribution < 1.29 is 14.8 Å². The number of aliphatic hydroxyl groups excluding tert-OH is 1. The number of ether oxygens (including phenoxy) is 1. The molecule has 0 bridgehead atoms. The Morgan fingerprint density at radius 2 is 2.00 bits per heavy atom. The van der Waals surface area contributed by atoms with E-state index in [1.807, 2.05) is 13.0 Å². The fourth-order valence-electron chi connectivity index (χ4n) is 1.83. The lowest BCUT2D eigenvalue weighted by molar-refractivity contribution is -0.385. The molecule has 1 atom stereocenters. The first kappa shape index (κ1) is 15.5. The van der Waals surface area contributed by atoms with Crippen LogP contribution in [0.3, 0.4) is 0 Å². The van der Waals surface area contributed by atoms with Crippen molar-refractivity contribution in [2.75, 3.05) is 0 Å². The van der Waals surface area contributed by atoms with Gasteiger partial charge in [0.25, 0.3) is 0 Å². The van der Waals surface area contributed by atoms with E-state index in [4.69, 9.17) is 4.74 Å². The van der Waals surface area contributed by atoms with E-state index in [1.54, 1.807) is 25.1 Å². The molecular weight excluding hydrogens is 338 g/mol. The minimum absolute atomic E-state index is 0.145. The number of hydrogen-bond donors (Lipinski definition) is 1. The highest BCUT2D eigenvalue weighted by Gasteiger charge is 2.18. The van der Waals surface area contributed by atoms with Crippen molar-refractivity contribution in [2.24, 2.45) is 0 Å². The number of hydrogen-bond acceptors (Lipinski definition) is 4. The smallest absolute Gasteiger partial charge is 0.311 e. The molecular formula is C15H14BrNO4. The Morgan fingerprint density at radius 3 is 2.57 bits per heavy atom. The van der Waals surface area contributed by atoms with Crippen LogP contribution < -0.4 is 4.74 Å². The van der Waals surface area contributed by atoms with E-state index in [-0.39, 0.29) is 11.4 Å². The van der Waals surface area contributed by atoms with E-state index in [0.717, 1.165) is 10.0 Å².